The van der Waals surface area contributed by atoms with E-state index in [1.165, 1.54) is 11.3 Å². The van der Waals surface area contributed by atoms with Crippen molar-refractivity contribution in [2.45, 2.75) is 57.8 Å². The van der Waals surface area contributed by atoms with Crippen LogP contribution in [0.25, 0.3) is 0 Å². The smallest absolute Gasteiger partial charge is 0.233 e. The fourth-order valence-corrected chi connectivity index (χ4v) is 4.76. The first kappa shape index (κ1) is 26.3. The monoisotopic (exact) mass is 516 g/mol. The topological polar surface area (TPSA) is 101 Å². The molecule has 2 amide bonds. The van der Waals surface area contributed by atoms with Crippen LogP contribution >= 0.6 is 11.3 Å². The van der Waals surface area contributed by atoms with Crippen molar-refractivity contribution >= 4 is 34.1 Å². The third-order valence-corrected chi connectivity index (χ3v) is 7.21. The molecule has 2 heterocycles. The number of anilines is 2. The molecular formula is C28H32N6O2S. The van der Waals surface area contributed by atoms with Crippen molar-refractivity contribution in [3.63, 3.8) is 0 Å². The maximum Gasteiger partial charge on any atom is 0.233 e. The van der Waals surface area contributed by atoms with E-state index in [9.17, 15) is 9.59 Å². The van der Waals surface area contributed by atoms with Crippen molar-refractivity contribution in [1.82, 2.24) is 20.4 Å². The summed E-state index contributed by atoms with van der Waals surface area (Å²) in [4.78, 5) is 26.6. The van der Waals surface area contributed by atoms with E-state index in [2.05, 4.69) is 37.9 Å². The zero-order valence-electron chi connectivity index (χ0n) is 21.3. The minimum absolute atomic E-state index is 0.00184. The number of nitrogens with one attached hydrogen (secondary N) is 1. The van der Waals surface area contributed by atoms with Crippen molar-refractivity contribution in [2.24, 2.45) is 0 Å². The van der Waals surface area contributed by atoms with Crippen LogP contribution in [0.4, 0.5) is 10.9 Å². The molecule has 0 spiro atoms. The Balaban J connectivity index is 1.18. The van der Waals surface area contributed by atoms with Crippen molar-refractivity contribution in [3.8, 4) is 0 Å². The molecular weight excluding hydrogens is 484 g/mol. The first-order valence-electron chi connectivity index (χ1n) is 12.6. The molecule has 0 fully saturated rings. The summed E-state index contributed by atoms with van der Waals surface area (Å²) in [7, 11) is 1.74. The van der Waals surface area contributed by atoms with Gasteiger partial charge < -0.3 is 5.32 Å². The Kier molecular flexibility index (Phi) is 9.26. The zero-order chi connectivity index (χ0) is 26.0. The van der Waals surface area contributed by atoms with Crippen LogP contribution in [0, 0.1) is 0 Å². The summed E-state index contributed by atoms with van der Waals surface area (Å²) in [5.41, 5.74) is 2.91. The standard InChI is InChI=1S/C28H32N6O2S/c1-20(22-13-7-4-8-14-22)27(36)29-28-33-32-25(37-28)16-10-9-15-23-17-18-24(31-30-23)34(2)26(35)19-21-11-5-3-6-12-21/h4-5,7-8,11-14,17-18,20H,3,6,9-10,15-16,19H2,1-2H3,(H,29,33,36). The molecule has 8 nitrogen and oxygen atoms in total. The lowest BCUT2D eigenvalue weighted by Crippen LogP contribution is -2.27. The Morgan fingerprint density at radius 2 is 1.81 bits per heavy atom. The van der Waals surface area contributed by atoms with Crippen LogP contribution in [0.2, 0.25) is 0 Å². The SMILES string of the molecule is CC(C(=O)Nc1nnc(CCCCc2ccc(N(C)C(=O)CC3=CCCC=C3)nn2)s1)c1ccccc1. The number of allylic oxidation sites excluding steroid dienone is 3. The average molecular weight is 517 g/mol. The number of rotatable bonds is 11. The molecule has 0 bridgehead atoms. The predicted molar refractivity (Wildman–Crippen MR) is 147 cm³/mol. The molecule has 1 atom stereocenters. The van der Waals surface area contributed by atoms with Crippen molar-refractivity contribution in [2.75, 3.05) is 17.3 Å². The Bertz CT molecular complexity index is 1250. The van der Waals surface area contributed by atoms with E-state index in [-0.39, 0.29) is 17.7 Å². The molecule has 0 saturated carbocycles. The lowest BCUT2D eigenvalue weighted by atomic mass is 10.0. The summed E-state index contributed by atoms with van der Waals surface area (Å²) in [5.74, 6) is 0.206. The Hall–Kier alpha value is -3.72. The third kappa shape index (κ3) is 7.63. The molecule has 3 aromatic rings. The van der Waals surface area contributed by atoms with Crippen molar-refractivity contribution < 1.29 is 9.59 Å². The van der Waals surface area contributed by atoms with Gasteiger partial charge in [-0.15, -0.1) is 15.3 Å². The van der Waals surface area contributed by atoms with Gasteiger partial charge in [0.1, 0.15) is 5.01 Å². The first-order chi connectivity index (χ1) is 18.0. The molecule has 1 aromatic carbocycles. The van der Waals surface area contributed by atoms with Gasteiger partial charge in [-0.05, 0) is 62.3 Å². The van der Waals surface area contributed by atoms with Crippen LogP contribution < -0.4 is 10.2 Å². The molecule has 0 saturated heterocycles. The Labute approximate surface area is 221 Å². The maximum absolute atomic E-state index is 12.6. The first-order valence-corrected chi connectivity index (χ1v) is 13.4. The normalized spacial score (nSPS) is 13.6. The van der Waals surface area contributed by atoms with Gasteiger partial charge in [-0.2, -0.15) is 5.10 Å². The number of aryl methyl sites for hydroxylation is 2. The molecule has 1 aliphatic rings. The van der Waals surface area contributed by atoms with Gasteiger partial charge in [0.05, 0.1) is 18.0 Å². The van der Waals surface area contributed by atoms with Crippen LogP contribution in [0.3, 0.4) is 0 Å². The third-order valence-electron chi connectivity index (χ3n) is 6.31. The van der Waals surface area contributed by atoms with Crippen LogP contribution in [-0.4, -0.2) is 39.3 Å². The Morgan fingerprint density at radius 1 is 1.00 bits per heavy atom. The molecule has 192 valence electrons. The van der Waals surface area contributed by atoms with E-state index < -0.39 is 0 Å². The van der Waals surface area contributed by atoms with Gasteiger partial charge in [0.25, 0.3) is 0 Å². The number of hydrogen-bond donors (Lipinski definition) is 1. The largest absolute Gasteiger partial charge is 0.300 e. The lowest BCUT2D eigenvalue weighted by Gasteiger charge is -2.17. The highest BCUT2D eigenvalue weighted by Crippen LogP contribution is 2.22. The summed E-state index contributed by atoms with van der Waals surface area (Å²) in [6.45, 7) is 1.88. The quantitative estimate of drug-likeness (QED) is 0.349. The highest BCUT2D eigenvalue weighted by molar-refractivity contribution is 7.15. The van der Waals surface area contributed by atoms with E-state index >= 15 is 0 Å². The van der Waals surface area contributed by atoms with E-state index in [0.29, 0.717) is 17.4 Å². The number of hydrogen-bond acceptors (Lipinski definition) is 7. The molecule has 2 aromatic heterocycles. The molecule has 4 rings (SSSR count). The molecule has 0 radical (unpaired) electrons. The van der Waals surface area contributed by atoms with Crippen molar-refractivity contribution in [1.29, 1.82) is 0 Å². The van der Waals surface area contributed by atoms with Crippen molar-refractivity contribution in [3.05, 3.63) is 82.5 Å². The number of amides is 2. The van der Waals surface area contributed by atoms with Gasteiger partial charge >= 0.3 is 0 Å². The molecule has 37 heavy (non-hydrogen) atoms. The predicted octanol–water partition coefficient (Wildman–Crippen LogP) is 5.27. The highest BCUT2D eigenvalue weighted by atomic mass is 32.1. The summed E-state index contributed by atoms with van der Waals surface area (Å²) < 4.78 is 0. The summed E-state index contributed by atoms with van der Waals surface area (Å²) in [6.07, 6.45) is 12.1. The van der Waals surface area contributed by atoms with Crippen LogP contribution in [0.1, 0.15) is 61.2 Å². The second-order valence-corrected chi connectivity index (χ2v) is 10.2. The maximum atomic E-state index is 12.6. The van der Waals surface area contributed by atoms with Gasteiger partial charge in [-0.3, -0.25) is 14.5 Å². The molecule has 1 N–H and O–H groups in total. The minimum Gasteiger partial charge on any atom is -0.300 e. The number of benzene rings is 1. The highest BCUT2D eigenvalue weighted by Gasteiger charge is 2.17. The van der Waals surface area contributed by atoms with E-state index in [4.69, 9.17) is 0 Å². The molecule has 9 heteroatoms. The number of nitrogens with zero attached hydrogens (tertiary/aromatic N) is 5. The molecule has 1 aliphatic carbocycles. The van der Waals surface area contributed by atoms with Gasteiger partial charge in [0.15, 0.2) is 5.82 Å². The fourth-order valence-electron chi connectivity index (χ4n) is 3.98. The zero-order valence-corrected chi connectivity index (χ0v) is 22.1. The lowest BCUT2D eigenvalue weighted by molar-refractivity contribution is -0.118. The van der Waals surface area contributed by atoms with Gasteiger partial charge in [0.2, 0.25) is 16.9 Å². The number of carbonyl (C=O) groups excluding carboxylic acids is 2. The number of unbranched alkanes of at least 4 members (excludes halogenated alkanes) is 1. The minimum atomic E-state index is -0.259. The van der Waals surface area contributed by atoms with Gasteiger partial charge in [-0.1, -0.05) is 59.9 Å². The fraction of sp³-hybridized carbons (Fsp3) is 0.357. The van der Waals surface area contributed by atoms with E-state index in [1.54, 1.807) is 11.9 Å². The number of carbonyl (C=O) groups is 2. The second-order valence-electron chi connectivity index (χ2n) is 9.10. The Morgan fingerprint density at radius 3 is 2.54 bits per heavy atom. The summed E-state index contributed by atoms with van der Waals surface area (Å²) in [5, 5.41) is 21.2. The van der Waals surface area contributed by atoms with Gasteiger partial charge in [-0.25, -0.2) is 0 Å². The van der Waals surface area contributed by atoms with Crippen LogP contribution in [-0.2, 0) is 22.4 Å². The second kappa shape index (κ2) is 13.0. The summed E-state index contributed by atoms with van der Waals surface area (Å²) in [6, 6.07) is 13.5. The van der Waals surface area contributed by atoms with E-state index in [0.717, 1.165) is 60.4 Å². The summed E-state index contributed by atoms with van der Waals surface area (Å²) >= 11 is 1.41. The van der Waals surface area contributed by atoms with Gasteiger partial charge in [0, 0.05) is 13.5 Å². The average Bonchev–Trinajstić information content (AvgIpc) is 3.38. The van der Waals surface area contributed by atoms with Crippen LogP contribution in [0.5, 0.6) is 0 Å². The molecule has 0 aliphatic heterocycles. The van der Waals surface area contributed by atoms with Crippen LogP contribution in [0.15, 0.2) is 66.3 Å². The number of aromatic nitrogens is 4. The molecule has 1 unspecified atom stereocenters. The van der Waals surface area contributed by atoms with E-state index in [1.807, 2.05) is 55.5 Å².